The Morgan fingerprint density at radius 2 is 2.00 bits per heavy atom. The number of ether oxygens (including phenoxy) is 1. The number of benzene rings is 1. The smallest absolute Gasteiger partial charge is 0.220 e. The van der Waals surface area contributed by atoms with Crippen molar-refractivity contribution in [2.75, 3.05) is 32.1 Å². The zero-order valence-corrected chi connectivity index (χ0v) is 11.1. The minimum absolute atomic E-state index is 0.0357. The average Bonchev–Trinajstić information content (AvgIpc) is 2.42. The molecule has 0 aliphatic carbocycles. The lowest BCUT2D eigenvalue weighted by Crippen LogP contribution is -2.25. The van der Waals surface area contributed by atoms with E-state index in [-0.39, 0.29) is 12.5 Å². The number of nitrogens with one attached hydrogen (secondary N) is 1. The summed E-state index contributed by atoms with van der Waals surface area (Å²) in [5, 5.41) is 11.3. The standard InChI is InChI=1S/C14H22N2O3/c15-13-5-2-12(3-6-13)4-7-14(18)16-8-1-10-19-11-9-17/h2-3,5-6,17H,1,4,7-11,15H2,(H,16,18). The molecule has 19 heavy (non-hydrogen) atoms. The molecule has 106 valence electrons. The molecule has 4 N–H and O–H groups in total. The van der Waals surface area contributed by atoms with E-state index in [0.717, 1.165) is 17.7 Å². The highest BCUT2D eigenvalue weighted by molar-refractivity contribution is 5.76. The van der Waals surface area contributed by atoms with E-state index >= 15 is 0 Å². The van der Waals surface area contributed by atoms with Crippen LogP contribution in [0.15, 0.2) is 24.3 Å². The lowest BCUT2D eigenvalue weighted by Gasteiger charge is -2.06. The van der Waals surface area contributed by atoms with E-state index in [4.69, 9.17) is 15.6 Å². The predicted octanol–water partition coefficient (Wildman–Crippen LogP) is 0.717. The van der Waals surface area contributed by atoms with Crippen LogP contribution in [-0.2, 0) is 16.0 Å². The van der Waals surface area contributed by atoms with E-state index in [0.29, 0.717) is 32.6 Å². The molecule has 0 atom stereocenters. The number of carbonyl (C=O) groups excluding carboxylic acids is 1. The molecule has 1 aromatic rings. The van der Waals surface area contributed by atoms with Gasteiger partial charge in [0.2, 0.25) is 5.91 Å². The van der Waals surface area contributed by atoms with Crippen LogP contribution >= 0.6 is 0 Å². The molecule has 0 heterocycles. The van der Waals surface area contributed by atoms with Crippen LogP contribution in [0.25, 0.3) is 0 Å². The summed E-state index contributed by atoms with van der Waals surface area (Å²) in [6.07, 6.45) is 1.95. The van der Waals surface area contributed by atoms with Crippen LogP contribution in [0.5, 0.6) is 0 Å². The second-order valence-electron chi connectivity index (χ2n) is 4.28. The van der Waals surface area contributed by atoms with E-state index in [9.17, 15) is 4.79 Å². The normalized spacial score (nSPS) is 10.4. The summed E-state index contributed by atoms with van der Waals surface area (Å²) in [7, 11) is 0. The number of anilines is 1. The Labute approximate surface area is 113 Å². The van der Waals surface area contributed by atoms with Gasteiger partial charge in [-0.1, -0.05) is 12.1 Å². The van der Waals surface area contributed by atoms with Crippen molar-refractivity contribution in [3.63, 3.8) is 0 Å². The third kappa shape index (κ3) is 7.43. The summed E-state index contributed by atoms with van der Waals surface area (Å²) in [5.74, 6) is 0.0407. The van der Waals surface area contributed by atoms with Crippen LogP contribution in [0.4, 0.5) is 5.69 Å². The monoisotopic (exact) mass is 266 g/mol. The molecule has 0 saturated heterocycles. The summed E-state index contributed by atoms with van der Waals surface area (Å²) in [6, 6.07) is 7.55. The zero-order valence-electron chi connectivity index (χ0n) is 11.1. The van der Waals surface area contributed by atoms with Crippen LogP contribution in [0, 0.1) is 0 Å². The van der Waals surface area contributed by atoms with Gasteiger partial charge in [-0.05, 0) is 30.5 Å². The van der Waals surface area contributed by atoms with E-state index in [1.54, 1.807) is 0 Å². The summed E-state index contributed by atoms with van der Waals surface area (Å²) >= 11 is 0. The van der Waals surface area contributed by atoms with Crippen molar-refractivity contribution in [3.05, 3.63) is 29.8 Å². The fourth-order valence-electron chi connectivity index (χ4n) is 1.60. The molecule has 5 nitrogen and oxygen atoms in total. The molecule has 0 spiro atoms. The third-order valence-electron chi connectivity index (χ3n) is 2.64. The highest BCUT2D eigenvalue weighted by Gasteiger charge is 2.01. The molecule has 1 aromatic carbocycles. The second kappa shape index (κ2) is 9.35. The van der Waals surface area contributed by atoms with Crippen LogP contribution in [0.2, 0.25) is 0 Å². The fourth-order valence-corrected chi connectivity index (χ4v) is 1.60. The molecular formula is C14H22N2O3. The van der Waals surface area contributed by atoms with E-state index in [2.05, 4.69) is 5.32 Å². The first-order valence-electron chi connectivity index (χ1n) is 6.52. The van der Waals surface area contributed by atoms with Gasteiger partial charge in [0.1, 0.15) is 0 Å². The second-order valence-corrected chi connectivity index (χ2v) is 4.28. The van der Waals surface area contributed by atoms with Crippen molar-refractivity contribution in [1.82, 2.24) is 5.32 Å². The van der Waals surface area contributed by atoms with Crippen LogP contribution in [0.1, 0.15) is 18.4 Å². The molecule has 0 saturated carbocycles. The van der Waals surface area contributed by atoms with Gasteiger partial charge in [0.15, 0.2) is 0 Å². The van der Waals surface area contributed by atoms with E-state index in [1.807, 2.05) is 24.3 Å². The largest absolute Gasteiger partial charge is 0.399 e. The Morgan fingerprint density at radius 1 is 1.26 bits per heavy atom. The van der Waals surface area contributed by atoms with Gasteiger partial charge in [0, 0.05) is 25.3 Å². The molecule has 0 bridgehead atoms. The summed E-state index contributed by atoms with van der Waals surface area (Å²) < 4.78 is 5.09. The van der Waals surface area contributed by atoms with E-state index in [1.165, 1.54) is 0 Å². The van der Waals surface area contributed by atoms with Crippen molar-refractivity contribution in [2.24, 2.45) is 0 Å². The topological polar surface area (TPSA) is 84.6 Å². The fraction of sp³-hybridized carbons (Fsp3) is 0.500. The molecule has 0 aliphatic heterocycles. The van der Waals surface area contributed by atoms with Gasteiger partial charge >= 0.3 is 0 Å². The molecular weight excluding hydrogens is 244 g/mol. The van der Waals surface area contributed by atoms with Crippen LogP contribution in [-0.4, -0.2) is 37.4 Å². The summed E-state index contributed by atoms with van der Waals surface area (Å²) in [4.78, 5) is 11.6. The minimum Gasteiger partial charge on any atom is -0.399 e. The van der Waals surface area contributed by atoms with Crippen molar-refractivity contribution in [2.45, 2.75) is 19.3 Å². The maximum Gasteiger partial charge on any atom is 0.220 e. The highest BCUT2D eigenvalue weighted by atomic mass is 16.5. The minimum atomic E-state index is 0.0357. The number of aryl methyl sites for hydroxylation is 1. The molecule has 5 heteroatoms. The number of aliphatic hydroxyl groups excluding tert-OH is 1. The number of hydrogen-bond donors (Lipinski definition) is 3. The van der Waals surface area contributed by atoms with E-state index < -0.39 is 0 Å². The number of hydrogen-bond acceptors (Lipinski definition) is 4. The lowest BCUT2D eigenvalue weighted by molar-refractivity contribution is -0.121. The van der Waals surface area contributed by atoms with Gasteiger partial charge in [-0.2, -0.15) is 0 Å². The molecule has 1 rings (SSSR count). The van der Waals surface area contributed by atoms with Crippen molar-refractivity contribution in [1.29, 1.82) is 0 Å². The first kappa shape index (κ1) is 15.5. The molecule has 1 amide bonds. The van der Waals surface area contributed by atoms with Crippen LogP contribution < -0.4 is 11.1 Å². The first-order chi connectivity index (χ1) is 9.22. The SMILES string of the molecule is Nc1ccc(CCC(=O)NCCCOCCO)cc1. The Morgan fingerprint density at radius 3 is 2.68 bits per heavy atom. The number of carbonyl (C=O) groups is 1. The number of aliphatic hydroxyl groups is 1. The first-order valence-corrected chi connectivity index (χ1v) is 6.52. The van der Waals surface area contributed by atoms with Gasteiger partial charge in [0.05, 0.1) is 13.2 Å². The van der Waals surface area contributed by atoms with Crippen LogP contribution in [0.3, 0.4) is 0 Å². The van der Waals surface area contributed by atoms with Gasteiger partial charge in [-0.3, -0.25) is 4.79 Å². The number of rotatable bonds is 9. The lowest BCUT2D eigenvalue weighted by atomic mass is 10.1. The number of amides is 1. The van der Waals surface area contributed by atoms with Crippen molar-refractivity contribution >= 4 is 11.6 Å². The number of nitrogens with two attached hydrogens (primary N) is 1. The molecule has 0 aromatic heterocycles. The molecule has 0 unspecified atom stereocenters. The Hall–Kier alpha value is -1.59. The molecule has 0 radical (unpaired) electrons. The van der Waals surface area contributed by atoms with Crippen molar-refractivity contribution in [3.8, 4) is 0 Å². The predicted molar refractivity (Wildman–Crippen MR) is 74.7 cm³/mol. The highest BCUT2D eigenvalue weighted by Crippen LogP contribution is 2.07. The quantitative estimate of drug-likeness (QED) is 0.454. The molecule has 0 fully saturated rings. The Bertz CT molecular complexity index is 365. The Balaban J connectivity index is 2.06. The summed E-state index contributed by atoms with van der Waals surface area (Å²) in [5.41, 5.74) is 7.43. The van der Waals surface area contributed by atoms with Gasteiger partial charge in [-0.15, -0.1) is 0 Å². The molecule has 0 aliphatic rings. The Kier molecular flexibility index (Phi) is 7.62. The maximum atomic E-state index is 11.6. The van der Waals surface area contributed by atoms with Gasteiger partial charge in [-0.25, -0.2) is 0 Å². The average molecular weight is 266 g/mol. The number of nitrogen functional groups attached to an aromatic ring is 1. The van der Waals surface area contributed by atoms with Gasteiger partial charge in [0.25, 0.3) is 0 Å². The van der Waals surface area contributed by atoms with Crippen molar-refractivity contribution < 1.29 is 14.6 Å². The third-order valence-corrected chi connectivity index (χ3v) is 2.64. The zero-order chi connectivity index (χ0) is 13.9. The maximum absolute atomic E-state index is 11.6. The summed E-state index contributed by atoms with van der Waals surface area (Å²) in [6.45, 7) is 1.55. The van der Waals surface area contributed by atoms with Gasteiger partial charge < -0.3 is 20.9 Å².